The Morgan fingerprint density at radius 2 is 1.77 bits per heavy atom. The van der Waals surface area contributed by atoms with E-state index >= 15 is 0 Å². The number of nitriles is 1. The van der Waals surface area contributed by atoms with E-state index < -0.39 is 51.9 Å². The molecule has 1 aromatic heterocycles. The molecule has 3 aliphatic rings. The minimum Gasteiger partial charge on any atom is -0.356 e. The van der Waals surface area contributed by atoms with E-state index in [-0.39, 0.29) is 30.0 Å². The van der Waals surface area contributed by atoms with Crippen LogP contribution in [0, 0.1) is 17.2 Å². The van der Waals surface area contributed by atoms with Crippen LogP contribution in [0.2, 0.25) is 0 Å². The van der Waals surface area contributed by atoms with Gasteiger partial charge in [0, 0.05) is 38.8 Å². The number of nitrogens with one attached hydrogen (secondary N) is 2. The molecule has 48 heavy (non-hydrogen) atoms. The van der Waals surface area contributed by atoms with E-state index in [9.17, 15) is 36.0 Å². The minimum atomic E-state index is -4.82. The summed E-state index contributed by atoms with van der Waals surface area (Å²) in [6.45, 7) is 1.39. The Labute approximate surface area is 275 Å². The summed E-state index contributed by atoms with van der Waals surface area (Å²) < 4.78 is 73.2. The maximum absolute atomic E-state index is 14.0. The molecule has 0 spiro atoms. The summed E-state index contributed by atoms with van der Waals surface area (Å²) in [4.78, 5) is 49.7. The Bertz CT molecular complexity index is 1680. The number of benzene rings is 1. The van der Waals surface area contributed by atoms with Crippen LogP contribution in [0.15, 0.2) is 30.3 Å². The Hall–Kier alpha value is -4.50. The fourth-order valence-electron chi connectivity index (χ4n) is 6.24. The van der Waals surface area contributed by atoms with Crippen molar-refractivity contribution in [1.82, 2.24) is 25.5 Å². The average molecular weight is 693 g/mol. The highest BCUT2D eigenvalue weighted by Gasteiger charge is 2.41. The maximum Gasteiger partial charge on any atom is 0.451 e. The molecule has 3 fully saturated rings. The number of rotatable bonds is 11. The number of piperidine rings is 1. The first-order chi connectivity index (χ1) is 22.7. The number of hydrogen-bond donors (Lipinski definition) is 3. The van der Waals surface area contributed by atoms with E-state index in [0.29, 0.717) is 70.3 Å². The fourth-order valence-corrected chi connectivity index (χ4v) is 6.89. The molecule has 18 heteroatoms. The highest BCUT2D eigenvalue weighted by atomic mass is 32.2. The van der Waals surface area contributed by atoms with E-state index in [0.717, 1.165) is 10.5 Å². The van der Waals surface area contributed by atoms with E-state index in [1.54, 1.807) is 34.1 Å². The number of halogens is 3. The monoisotopic (exact) mass is 692 g/mol. The smallest absolute Gasteiger partial charge is 0.356 e. The number of imide groups is 1. The molecule has 0 saturated carbocycles. The second-order valence-corrected chi connectivity index (χ2v) is 13.6. The van der Waals surface area contributed by atoms with Gasteiger partial charge in [0.2, 0.25) is 11.7 Å². The van der Waals surface area contributed by atoms with Crippen molar-refractivity contribution >= 4 is 39.6 Å². The lowest BCUT2D eigenvalue weighted by atomic mass is 9.93. The topological polar surface area (TPSA) is 189 Å². The van der Waals surface area contributed by atoms with Crippen LogP contribution in [0.25, 0.3) is 0 Å². The number of aromatic nitrogens is 2. The summed E-state index contributed by atoms with van der Waals surface area (Å²) in [5, 5.41) is 14.1. The van der Waals surface area contributed by atoms with Crippen LogP contribution in [0.1, 0.15) is 49.1 Å². The molecular formula is C30H35F3N8O6S. The van der Waals surface area contributed by atoms with Gasteiger partial charge in [-0.2, -0.15) is 26.9 Å². The Morgan fingerprint density at radius 1 is 1.08 bits per heavy atom. The summed E-state index contributed by atoms with van der Waals surface area (Å²) in [6, 6.07) is 7.68. The standard InChI is InChI=1S/C30H35F3N8O6S/c31-30(32,33)28-37-24(39-13-8-20(9-14-39)10-15-41-27(43)22(36-29(41)44)18-48(45,46)47)16-25(38-28)40-12-1-2-23(40)26(42)35-11-7-19-3-5-21(17-34)6-4-19/h3-6,16,20,22-23H,1-2,7-15,18H2,(H,35,42)(H,36,44)(H,45,46,47)/t22-,23-/m0/s1. The van der Waals surface area contributed by atoms with Gasteiger partial charge in [0.05, 0.1) is 11.6 Å². The molecular weight excluding hydrogens is 657 g/mol. The van der Waals surface area contributed by atoms with Gasteiger partial charge >= 0.3 is 12.2 Å². The number of alkyl halides is 3. The zero-order valence-corrected chi connectivity index (χ0v) is 26.6. The predicted octanol–water partition coefficient (Wildman–Crippen LogP) is 2.11. The van der Waals surface area contributed by atoms with Gasteiger partial charge in [0.15, 0.2) is 0 Å². The molecule has 1 aromatic carbocycles. The molecule has 4 amide bonds. The lowest BCUT2D eigenvalue weighted by molar-refractivity contribution is -0.144. The summed E-state index contributed by atoms with van der Waals surface area (Å²) in [7, 11) is -4.48. The van der Waals surface area contributed by atoms with Gasteiger partial charge < -0.3 is 20.4 Å². The van der Waals surface area contributed by atoms with Gasteiger partial charge in [-0.05, 0) is 62.1 Å². The number of amides is 4. The Morgan fingerprint density at radius 3 is 2.42 bits per heavy atom. The molecule has 14 nitrogen and oxygen atoms in total. The van der Waals surface area contributed by atoms with E-state index in [2.05, 4.69) is 20.6 Å². The van der Waals surface area contributed by atoms with E-state index in [4.69, 9.17) is 9.81 Å². The van der Waals surface area contributed by atoms with Crippen LogP contribution in [0.4, 0.5) is 29.6 Å². The van der Waals surface area contributed by atoms with Crippen LogP contribution in [-0.4, -0.2) is 96.2 Å². The zero-order valence-electron chi connectivity index (χ0n) is 25.8. The van der Waals surface area contributed by atoms with Crippen molar-refractivity contribution < 1.29 is 40.5 Å². The molecule has 3 saturated heterocycles. The molecule has 0 bridgehead atoms. The lowest BCUT2D eigenvalue weighted by Crippen LogP contribution is -2.44. The van der Waals surface area contributed by atoms with Gasteiger partial charge in [-0.1, -0.05) is 12.1 Å². The van der Waals surface area contributed by atoms with Crippen molar-refractivity contribution in [3.63, 3.8) is 0 Å². The van der Waals surface area contributed by atoms with Gasteiger partial charge in [-0.15, -0.1) is 0 Å². The van der Waals surface area contributed by atoms with Crippen LogP contribution >= 0.6 is 0 Å². The third-order valence-electron chi connectivity index (χ3n) is 8.78. The SMILES string of the molecule is N#Cc1ccc(CCNC(=O)[C@@H]2CCCN2c2cc(N3CCC(CCN4C(=O)N[C@@H](CS(=O)(=O)O)C4=O)CC3)nc(C(F)(F)F)n2)cc1. The molecule has 4 heterocycles. The lowest BCUT2D eigenvalue weighted by Gasteiger charge is -2.34. The summed E-state index contributed by atoms with van der Waals surface area (Å²) in [5.41, 5.74) is 1.45. The van der Waals surface area contributed by atoms with E-state index in [1.165, 1.54) is 6.07 Å². The van der Waals surface area contributed by atoms with E-state index in [1.807, 2.05) is 6.07 Å². The van der Waals surface area contributed by atoms with Crippen molar-refractivity contribution in [3.8, 4) is 6.07 Å². The molecule has 0 unspecified atom stereocenters. The van der Waals surface area contributed by atoms with Crippen molar-refractivity contribution in [2.24, 2.45) is 5.92 Å². The quantitative estimate of drug-likeness (QED) is 0.231. The fraction of sp³-hybridized carbons (Fsp3) is 0.533. The molecule has 5 rings (SSSR count). The number of urea groups is 1. The van der Waals surface area contributed by atoms with Crippen molar-refractivity contribution in [2.75, 3.05) is 48.3 Å². The van der Waals surface area contributed by atoms with Crippen LogP contribution in [-0.2, 0) is 32.3 Å². The zero-order chi connectivity index (χ0) is 34.6. The van der Waals surface area contributed by atoms with Crippen molar-refractivity contribution in [2.45, 2.75) is 56.8 Å². The number of nitrogens with zero attached hydrogens (tertiary/aromatic N) is 6. The second kappa shape index (κ2) is 14.3. The summed E-state index contributed by atoms with van der Waals surface area (Å²) in [5.74, 6) is -3.16. The minimum absolute atomic E-state index is 0.0113. The molecule has 258 valence electrons. The number of hydrogen-bond acceptors (Lipinski definition) is 10. The number of anilines is 2. The molecule has 2 aromatic rings. The first-order valence-electron chi connectivity index (χ1n) is 15.5. The first-order valence-corrected chi connectivity index (χ1v) is 17.1. The Kier molecular flexibility index (Phi) is 10.4. The van der Waals surface area contributed by atoms with Gasteiger partial charge in [-0.25, -0.2) is 14.8 Å². The first kappa shape index (κ1) is 34.8. The molecule has 0 radical (unpaired) electrons. The molecule has 3 N–H and O–H groups in total. The van der Waals surface area contributed by atoms with Crippen LogP contribution in [0.5, 0.6) is 0 Å². The van der Waals surface area contributed by atoms with Gasteiger partial charge in [0.25, 0.3) is 16.0 Å². The van der Waals surface area contributed by atoms with Crippen molar-refractivity contribution in [3.05, 3.63) is 47.3 Å². The van der Waals surface area contributed by atoms with Gasteiger partial charge in [0.1, 0.15) is 29.5 Å². The Balaban J connectivity index is 1.20. The predicted molar refractivity (Wildman–Crippen MR) is 165 cm³/mol. The summed E-state index contributed by atoms with van der Waals surface area (Å²) >= 11 is 0. The third kappa shape index (κ3) is 8.50. The number of carbonyl (C=O) groups excluding carboxylic acids is 3. The van der Waals surface area contributed by atoms with Crippen LogP contribution < -0.4 is 20.4 Å². The number of carbonyl (C=O) groups is 3. The van der Waals surface area contributed by atoms with Crippen LogP contribution in [0.3, 0.4) is 0 Å². The third-order valence-corrected chi connectivity index (χ3v) is 9.54. The normalized spacial score (nSPS) is 20.6. The largest absolute Gasteiger partial charge is 0.451 e. The molecule has 3 aliphatic heterocycles. The highest BCUT2D eigenvalue weighted by molar-refractivity contribution is 7.85. The molecule has 0 aliphatic carbocycles. The highest BCUT2D eigenvalue weighted by Crippen LogP contribution is 2.34. The second-order valence-electron chi connectivity index (χ2n) is 12.1. The van der Waals surface area contributed by atoms with Gasteiger partial charge in [-0.3, -0.25) is 19.0 Å². The maximum atomic E-state index is 14.0. The molecule has 2 atom stereocenters. The van der Waals surface area contributed by atoms with Crippen molar-refractivity contribution in [1.29, 1.82) is 5.26 Å². The summed E-state index contributed by atoms with van der Waals surface area (Å²) in [6.07, 6.45) is -1.79. The average Bonchev–Trinajstić information content (AvgIpc) is 3.63.